The van der Waals surface area contributed by atoms with Crippen molar-refractivity contribution in [3.63, 3.8) is 0 Å². The number of amides is 1. The Morgan fingerprint density at radius 3 is 2.41 bits per heavy atom. The molecular weight excluding hydrogens is 536 g/mol. The second-order valence-corrected chi connectivity index (χ2v) is 10.2. The van der Waals surface area contributed by atoms with Crippen molar-refractivity contribution in [2.45, 2.75) is 44.2 Å². The van der Waals surface area contributed by atoms with Gasteiger partial charge in [0.1, 0.15) is 19.3 Å². The number of hydrogen-bond donors (Lipinski definition) is 0. The molecule has 0 saturated carbocycles. The lowest BCUT2D eigenvalue weighted by molar-refractivity contribution is 0.0469. The summed E-state index contributed by atoms with van der Waals surface area (Å²) in [6, 6.07) is 13.9. The van der Waals surface area contributed by atoms with E-state index < -0.39 is 0 Å². The predicted octanol–water partition coefficient (Wildman–Crippen LogP) is 4.62. The van der Waals surface area contributed by atoms with Crippen molar-refractivity contribution in [1.29, 1.82) is 0 Å². The highest BCUT2D eigenvalue weighted by molar-refractivity contribution is 7.59. The number of benzene rings is 2. The maximum Gasteiger partial charge on any atom is 0.410 e. The second kappa shape index (κ2) is 14.8. The summed E-state index contributed by atoms with van der Waals surface area (Å²) in [7, 11) is 3.27. The first-order chi connectivity index (χ1) is 18.1. The topological polar surface area (TPSA) is 69.7 Å². The van der Waals surface area contributed by atoms with Crippen LogP contribution in [-0.4, -0.2) is 81.7 Å². The molecule has 2 atom stereocenters. The summed E-state index contributed by atoms with van der Waals surface area (Å²) in [6.07, 6.45) is 5.12. The van der Waals surface area contributed by atoms with Gasteiger partial charge in [0.2, 0.25) is 0 Å². The molecule has 2 fully saturated rings. The summed E-state index contributed by atoms with van der Waals surface area (Å²) in [4.78, 5) is 16.8. The quantitative estimate of drug-likeness (QED) is 0.407. The fraction of sp³-hybridized carbons (Fsp3) is 0.552. The number of likely N-dealkylation sites (tertiary alicyclic amines) is 1. The van der Waals surface area contributed by atoms with Crippen LogP contribution in [-0.2, 0) is 11.2 Å². The van der Waals surface area contributed by atoms with E-state index in [0.717, 1.165) is 62.5 Å². The van der Waals surface area contributed by atoms with E-state index >= 15 is 0 Å². The summed E-state index contributed by atoms with van der Waals surface area (Å²) < 4.78 is 28.2. The highest BCUT2D eigenvalue weighted by Gasteiger charge is 2.33. The number of cyclic esters (lactones) is 1. The summed E-state index contributed by atoms with van der Waals surface area (Å²) >= 11 is 0. The Balaban J connectivity index is 0.00000210. The van der Waals surface area contributed by atoms with E-state index in [0.29, 0.717) is 30.6 Å². The third kappa shape index (κ3) is 7.83. The van der Waals surface area contributed by atoms with Crippen LogP contribution in [0.4, 0.5) is 4.79 Å². The fourth-order valence-corrected chi connectivity index (χ4v) is 5.66. The molecule has 0 unspecified atom stereocenters. The lowest BCUT2D eigenvalue weighted by atomic mass is 9.92. The molecule has 0 spiro atoms. The molecule has 1 amide bonds. The third-order valence-electron chi connectivity index (χ3n) is 7.74. The van der Waals surface area contributed by atoms with Gasteiger partial charge in [-0.1, -0.05) is 18.2 Å². The van der Waals surface area contributed by atoms with E-state index in [-0.39, 0.29) is 45.2 Å². The number of rotatable bonds is 10. The van der Waals surface area contributed by atoms with Crippen LogP contribution in [0.25, 0.3) is 0 Å². The van der Waals surface area contributed by atoms with Crippen LogP contribution in [0.1, 0.15) is 31.2 Å². The predicted molar refractivity (Wildman–Crippen MR) is 161 cm³/mol. The van der Waals surface area contributed by atoms with Crippen LogP contribution in [0, 0.1) is 5.92 Å². The first kappa shape index (κ1) is 31.1. The van der Waals surface area contributed by atoms with Gasteiger partial charge in [-0.25, -0.2) is 4.79 Å². The number of hydrogen-bond acceptors (Lipinski definition) is 7. The minimum Gasteiger partial charge on any atom is -0.493 e. The summed E-state index contributed by atoms with van der Waals surface area (Å²) in [5.74, 6) is 3.79. The van der Waals surface area contributed by atoms with Crippen LogP contribution in [0.15, 0.2) is 42.5 Å². The van der Waals surface area contributed by atoms with Crippen molar-refractivity contribution < 1.29 is 28.5 Å². The monoisotopic (exact) mass is 578 g/mol. The van der Waals surface area contributed by atoms with E-state index in [1.807, 2.05) is 47.4 Å². The molecule has 8 nitrogen and oxygen atoms in total. The largest absolute Gasteiger partial charge is 0.493 e. The third-order valence-corrected chi connectivity index (χ3v) is 7.74. The minimum atomic E-state index is -0.198. The van der Waals surface area contributed by atoms with Crippen LogP contribution in [0.2, 0.25) is 0 Å². The van der Waals surface area contributed by atoms with Crippen molar-refractivity contribution in [2.75, 3.05) is 53.6 Å². The van der Waals surface area contributed by atoms with Gasteiger partial charge in [-0.15, -0.1) is 0 Å². The van der Waals surface area contributed by atoms with Gasteiger partial charge in [-0.2, -0.15) is 27.0 Å². The molecule has 2 aromatic carbocycles. The van der Waals surface area contributed by atoms with Crippen molar-refractivity contribution in [3.05, 3.63) is 48.0 Å². The van der Waals surface area contributed by atoms with Crippen molar-refractivity contribution >= 4 is 33.1 Å². The van der Waals surface area contributed by atoms with Crippen molar-refractivity contribution in [2.24, 2.45) is 5.92 Å². The van der Waals surface area contributed by atoms with Gasteiger partial charge in [0, 0.05) is 13.1 Å². The van der Waals surface area contributed by atoms with E-state index in [2.05, 4.69) is 4.90 Å². The molecule has 10 heteroatoms. The molecule has 2 saturated heterocycles. The molecule has 216 valence electrons. The van der Waals surface area contributed by atoms with Gasteiger partial charge < -0.3 is 28.6 Å². The molecule has 2 aromatic rings. The van der Waals surface area contributed by atoms with Crippen molar-refractivity contribution in [1.82, 2.24) is 9.80 Å². The number of carbonyl (C=O) groups is 1. The Hall–Kier alpha value is -2.43. The lowest BCUT2D eigenvalue weighted by Gasteiger charge is -2.35. The standard InChI is InChI=1S/C29H38N2O6.2H2S/c1-33-25-10-9-22(17-28(25)34-2)16-23-19-36-29(32)31(23)13-5-6-21-11-14-30(15-12-21)18-24-20-35-26-7-3-4-8-27(26)37-24;;/h3-4,7-10,17,21,23-24H,5-6,11-16,18-20H2,1-2H3;2*1H2/t23-,24-;;/m0../s1. The molecule has 39 heavy (non-hydrogen) atoms. The summed E-state index contributed by atoms with van der Waals surface area (Å²) in [6.45, 7) is 4.85. The molecular formula is C29H42N2O6S2. The number of nitrogens with zero attached hydrogens (tertiary/aromatic N) is 2. The zero-order chi connectivity index (χ0) is 25.6. The lowest BCUT2D eigenvalue weighted by Crippen LogP contribution is -2.44. The van der Waals surface area contributed by atoms with E-state index in [9.17, 15) is 4.79 Å². The van der Waals surface area contributed by atoms with Crippen LogP contribution in [0.5, 0.6) is 23.0 Å². The highest BCUT2D eigenvalue weighted by atomic mass is 32.1. The zero-order valence-electron chi connectivity index (χ0n) is 22.9. The van der Waals surface area contributed by atoms with Gasteiger partial charge in [-0.3, -0.25) is 4.90 Å². The average molecular weight is 579 g/mol. The Kier molecular flexibility index (Phi) is 11.8. The molecule has 0 radical (unpaired) electrons. The SMILES string of the molecule is COc1ccc(C[C@H]2COC(=O)N2CCCC2CCN(C[C@H]3COc4ccccc4O3)CC2)cc1OC.S.S. The number of fused-ring (bicyclic) bond motifs is 1. The fourth-order valence-electron chi connectivity index (χ4n) is 5.66. The molecule has 0 aromatic heterocycles. The number of methoxy groups -OCH3 is 2. The normalized spacial score (nSPS) is 21.0. The van der Waals surface area contributed by atoms with Crippen LogP contribution < -0.4 is 18.9 Å². The molecule has 3 heterocycles. The maximum absolute atomic E-state index is 12.4. The number of ether oxygens (including phenoxy) is 5. The van der Waals surface area contributed by atoms with Crippen LogP contribution >= 0.6 is 27.0 Å². The van der Waals surface area contributed by atoms with Gasteiger partial charge >= 0.3 is 6.09 Å². The molecule has 5 rings (SSSR count). The van der Waals surface area contributed by atoms with Crippen molar-refractivity contribution in [3.8, 4) is 23.0 Å². The van der Waals surface area contributed by atoms with E-state index in [1.54, 1.807) is 14.2 Å². The summed E-state index contributed by atoms with van der Waals surface area (Å²) in [5.41, 5.74) is 1.11. The maximum atomic E-state index is 12.4. The number of piperidine rings is 1. The van der Waals surface area contributed by atoms with Gasteiger partial charge in [0.05, 0.1) is 20.3 Å². The zero-order valence-corrected chi connectivity index (χ0v) is 24.9. The summed E-state index contributed by atoms with van der Waals surface area (Å²) in [5, 5.41) is 0. The first-order valence-corrected chi connectivity index (χ1v) is 13.4. The molecule has 3 aliphatic rings. The Morgan fingerprint density at radius 1 is 0.923 bits per heavy atom. The van der Waals surface area contributed by atoms with Crippen LogP contribution in [0.3, 0.4) is 0 Å². The van der Waals surface area contributed by atoms with Gasteiger partial charge in [0.25, 0.3) is 0 Å². The molecule has 0 aliphatic carbocycles. The first-order valence-electron chi connectivity index (χ1n) is 13.4. The Morgan fingerprint density at radius 2 is 1.67 bits per heavy atom. The van der Waals surface area contributed by atoms with E-state index in [4.69, 9.17) is 23.7 Å². The van der Waals surface area contributed by atoms with Gasteiger partial charge in [-0.05, 0) is 80.9 Å². The van der Waals surface area contributed by atoms with E-state index in [1.165, 1.54) is 12.8 Å². The molecule has 3 aliphatic heterocycles. The highest BCUT2D eigenvalue weighted by Crippen LogP contribution is 2.32. The molecule has 0 bridgehead atoms. The average Bonchev–Trinajstić information content (AvgIpc) is 3.28. The molecule has 0 N–H and O–H groups in total. The van der Waals surface area contributed by atoms with Gasteiger partial charge in [0.15, 0.2) is 23.0 Å². The number of para-hydroxylation sites is 2. The second-order valence-electron chi connectivity index (χ2n) is 10.2. The minimum absolute atomic E-state index is 0. The Labute approximate surface area is 245 Å². The Bertz CT molecular complexity index is 1070. The smallest absolute Gasteiger partial charge is 0.410 e. The number of carbonyl (C=O) groups excluding carboxylic acids is 1.